The van der Waals surface area contributed by atoms with E-state index >= 15 is 0 Å². The molecule has 0 aliphatic carbocycles. The van der Waals surface area contributed by atoms with Gasteiger partial charge in [-0.1, -0.05) is 12.1 Å². The Kier molecular flexibility index (Phi) is 4.01. The summed E-state index contributed by atoms with van der Waals surface area (Å²) in [7, 11) is 0. The first kappa shape index (κ1) is 15.8. The highest BCUT2D eigenvalue weighted by Gasteiger charge is 2.30. The molecule has 2 aliphatic rings. The van der Waals surface area contributed by atoms with Crippen LogP contribution in [0.1, 0.15) is 18.5 Å². The van der Waals surface area contributed by atoms with Crippen molar-refractivity contribution in [3.63, 3.8) is 0 Å². The first-order valence-electron chi connectivity index (χ1n) is 8.17. The fraction of sp³-hybridized carbons (Fsp3) is 0.333. The Morgan fingerprint density at radius 1 is 1.24 bits per heavy atom. The first-order chi connectivity index (χ1) is 12.1. The zero-order chi connectivity index (χ0) is 17.4. The van der Waals surface area contributed by atoms with Crippen molar-refractivity contribution in [2.75, 3.05) is 30.0 Å². The van der Waals surface area contributed by atoms with Gasteiger partial charge in [-0.05, 0) is 36.8 Å². The molecule has 1 aromatic carbocycles. The Morgan fingerprint density at radius 3 is 2.84 bits per heavy atom. The minimum Gasteiger partial charge on any atom is -0.480 e. The molecule has 0 unspecified atom stereocenters. The molecule has 6 nitrogen and oxygen atoms in total. The number of carbonyl (C=O) groups is 1. The summed E-state index contributed by atoms with van der Waals surface area (Å²) < 4.78 is 24.4. The average Bonchev–Trinajstić information content (AvgIpc) is 2.62. The molecular formula is C18H18FN3O3. The number of hydrogen-bond donors (Lipinski definition) is 1. The molecule has 2 atom stereocenters. The number of ether oxygens (including phenoxy) is 2. The van der Waals surface area contributed by atoms with E-state index in [4.69, 9.17) is 9.47 Å². The standard InChI is InChI=1S/C18H18FN3O3/c1-11-8-22(14(9-24-11)12-2-4-13(19)5-3-12)16-7-6-15-18(20-16)21-17(23)10-25-15/h2-7,11,14H,8-10H2,1H3,(H,20,21,23)/t11-,14-/m1/s1. The van der Waals surface area contributed by atoms with Gasteiger partial charge < -0.3 is 19.7 Å². The molecule has 1 amide bonds. The number of hydrogen-bond acceptors (Lipinski definition) is 5. The summed E-state index contributed by atoms with van der Waals surface area (Å²) in [6.45, 7) is 3.12. The molecule has 1 N–H and O–H groups in total. The maximum absolute atomic E-state index is 13.2. The maximum Gasteiger partial charge on any atom is 0.263 e. The summed E-state index contributed by atoms with van der Waals surface area (Å²) >= 11 is 0. The lowest BCUT2D eigenvalue weighted by Gasteiger charge is -2.40. The Balaban J connectivity index is 1.68. The Labute approximate surface area is 144 Å². The average molecular weight is 343 g/mol. The maximum atomic E-state index is 13.2. The number of anilines is 2. The van der Waals surface area contributed by atoms with Gasteiger partial charge >= 0.3 is 0 Å². The van der Waals surface area contributed by atoms with E-state index in [1.807, 2.05) is 13.0 Å². The number of carbonyl (C=O) groups excluding carboxylic acids is 1. The van der Waals surface area contributed by atoms with Gasteiger partial charge in [-0.15, -0.1) is 0 Å². The van der Waals surface area contributed by atoms with Gasteiger partial charge in [0, 0.05) is 6.54 Å². The molecule has 0 spiro atoms. The highest BCUT2D eigenvalue weighted by molar-refractivity contribution is 5.94. The fourth-order valence-electron chi connectivity index (χ4n) is 3.13. The summed E-state index contributed by atoms with van der Waals surface area (Å²) in [5.74, 6) is 1.21. The van der Waals surface area contributed by atoms with Crippen molar-refractivity contribution in [3.8, 4) is 5.75 Å². The van der Waals surface area contributed by atoms with Gasteiger partial charge in [-0.25, -0.2) is 9.37 Å². The predicted octanol–water partition coefficient (Wildman–Crippen LogP) is 2.52. The molecule has 0 radical (unpaired) electrons. The lowest BCUT2D eigenvalue weighted by molar-refractivity contribution is -0.118. The van der Waals surface area contributed by atoms with Crippen LogP contribution >= 0.6 is 0 Å². The molecule has 4 rings (SSSR count). The number of rotatable bonds is 2. The van der Waals surface area contributed by atoms with Crippen molar-refractivity contribution in [2.24, 2.45) is 0 Å². The van der Waals surface area contributed by atoms with E-state index in [1.165, 1.54) is 12.1 Å². The van der Waals surface area contributed by atoms with Crippen LogP contribution in [-0.4, -0.2) is 36.8 Å². The second-order valence-electron chi connectivity index (χ2n) is 6.22. The van der Waals surface area contributed by atoms with Crippen molar-refractivity contribution >= 4 is 17.5 Å². The third-order valence-electron chi connectivity index (χ3n) is 4.38. The van der Waals surface area contributed by atoms with Gasteiger partial charge in [0.1, 0.15) is 11.6 Å². The van der Waals surface area contributed by atoms with Crippen molar-refractivity contribution in [1.29, 1.82) is 0 Å². The molecule has 1 fully saturated rings. The first-order valence-corrected chi connectivity index (χ1v) is 8.17. The number of nitrogens with one attached hydrogen (secondary N) is 1. The normalized spacial score (nSPS) is 22.8. The van der Waals surface area contributed by atoms with Crippen molar-refractivity contribution < 1.29 is 18.7 Å². The molecular weight excluding hydrogens is 325 g/mol. The minimum atomic E-state index is -0.271. The van der Waals surface area contributed by atoms with Crippen molar-refractivity contribution in [1.82, 2.24) is 4.98 Å². The lowest BCUT2D eigenvalue weighted by Crippen LogP contribution is -2.44. The van der Waals surface area contributed by atoms with Crippen LogP contribution in [0.25, 0.3) is 0 Å². The van der Waals surface area contributed by atoms with Crippen LogP contribution in [0.2, 0.25) is 0 Å². The second-order valence-corrected chi connectivity index (χ2v) is 6.22. The molecule has 1 saturated heterocycles. The van der Waals surface area contributed by atoms with E-state index in [0.29, 0.717) is 30.5 Å². The fourth-order valence-corrected chi connectivity index (χ4v) is 3.13. The van der Waals surface area contributed by atoms with Crippen molar-refractivity contribution in [2.45, 2.75) is 19.1 Å². The molecule has 130 valence electrons. The third kappa shape index (κ3) is 3.15. The molecule has 1 aromatic heterocycles. The number of pyridine rings is 1. The number of fused-ring (bicyclic) bond motifs is 1. The van der Waals surface area contributed by atoms with Gasteiger partial charge in [-0.3, -0.25) is 4.79 Å². The SMILES string of the molecule is C[C@@H]1CN(c2ccc3c(n2)NC(=O)CO3)[C@@H](c2ccc(F)cc2)CO1. The van der Waals surface area contributed by atoms with E-state index in [0.717, 1.165) is 5.56 Å². The predicted molar refractivity (Wildman–Crippen MR) is 90.3 cm³/mol. The number of halogens is 1. The van der Waals surface area contributed by atoms with Gasteiger partial charge in [0.05, 0.1) is 18.8 Å². The minimum absolute atomic E-state index is 0.000813. The van der Waals surface area contributed by atoms with Gasteiger partial charge in [0.2, 0.25) is 0 Å². The van der Waals surface area contributed by atoms with Crippen LogP contribution in [0.4, 0.5) is 16.0 Å². The largest absolute Gasteiger partial charge is 0.480 e. The summed E-state index contributed by atoms with van der Waals surface area (Å²) in [5, 5.41) is 2.73. The number of nitrogens with zero attached hydrogens (tertiary/aromatic N) is 2. The smallest absolute Gasteiger partial charge is 0.263 e. The molecule has 2 aromatic rings. The summed E-state index contributed by atoms with van der Waals surface area (Å²) in [5.41, 5.74) is 0.952. The Hall–Kier alpha value is -2.67. The number of amides is 1. The van der Waals surface area contributed by atoms with Crippen LogP contribution < -0.4 is 15.0 Å². The molecule has 0 saturated carbocycles. The van der Waals surface area contributed by atoms with Gasteiger partial charge in [-0.2, -0.15) is 0 Å². The monoisotopic (exact) mass is 343 g/mol. The summed E-state index contributed by atoms with van der Waals surface area (Å²) in [6, 6.07) is 10.00. The van der Waals surface area contributed by atoms with Crippen LogP contribution in [0.3, 0.4) is 0 Å². The van der Waals surface area contributed by atoms with E-state index < -0.39 is 0 Å². The zero-order valence-corrected chi connectivity index (χ0v) is 13.7. The van der Waals surface area contributed by atoms with E-state index in [9.17, 15) is 9.18 Å². The van der Waals surface area contributed by atoms with Crippen LogP contribution in [-0.2, 0) is 9.53 Å². The number of aromatic nitrogens is 1. The quantitative estimate of drug-likeness (QED) is 0.908. The molecule has 2 aliphatic heterocycles. The Morgan fingerprint density at radius 2 is 2.04 bits per heavy atom. The van der Waals surface area contributed by atoms with Gasteiger partial charge in [0.15, 0.2) is 18.2 Å². The van der Waals surface area contributed by atoms with Crippen LogP contribution in [0, 0.1) is 5.82 Å². The summed E-state index contributed by atoms with van der Waals surface area (Å²) in [6.07, 6.45) is 0.0420. The van der Waals surface area contributed by atoms with E-state index in [-0.39, 0.29) is 30.5 Å². The molecule has 25 heavy (non-hydrogen) atoms. The summed E-state index contributed by atoms with van der Waals surface area (Å²) in [4.78, 5) is 18.2. The Bertz CT molecular complexity index is 797. The molecule has 0 bridgehead atoms. The van der Waals surface area contributed by atoms with Crippen LogP contribution in [0.15, 0.2) is 36.4 Å². The molecule has 7 heteroatoms. The zero-order valence-electron chi connectivity index (χ0n) is 13.7. The van der Waals surface area contributed by atoms with E-state index in [1.54, 1.807) is 18.2 Å². The van der Waals surface area contributed by atoms with Crippen molar-refractivity contribution in [3.05, 3.63) is 47.8 Å². The second kappa shape index (κ2) is 6.33. The topological polar surface area (TPSA) is 63.7 Å². The van der Waals surface area contributed by atoms with Gasteiger partial charge in [0.25, 0.3) is 5.91 Å². The third-order valence-corrected chi connectivity index (χ3v) is 4.38. The lowest BCUT2D eigenvalue weighted by atomic mass is 10.0. The highest BCUT2D eigenvalue weighted by atomic mass is 19.1. The number of morpholine rings is 1. The molecule has 3 heterocycles. The van der Waals surface area contributed by atoms with Crippen LogP contribution in [0.5, 0.6) is 5.75 Å². The number of benzene rings is 1. The van der Waals surface area contributed by atoms with E-state index in [2.05, 4.69) is 15.2 Å². The highest BCUT2D eigenvalue weighted by Crippen LogP contribution is 2.34.